The van der Waals surface area contributed by atoms with Crippen LogP contribution in [0.5, 0.6) is 5.75 Å². The predicted octanol–water partition coefficient (Wildman–Crippen LogP) is 5.93. The number of nitrogens with zero attached hydrogens (tertiary/aromatic N) is 2. The Morgan fingerprint density at radius 2 is 1.89 bits per heavy atom. The van der Waals surface area contributed by atoms with Gasteiger partial charge in [0.15, 0.2) is 5.60 Å². The summed E-state index contributed by atoms with van der Waals surface area (Å²) in [7, 11) is 0. The van der Waals surface area contributed by atoms with E-state index in [1.54, 1.807) is 31.7 Å². The molecular weight excluding hydrogens is 501 g/mol. The van der Waals surface area contributed by atoms with Crippen molar-refractivity contribution in [3.63, 3.8) is 0 Å². The molecule has 2 N–H and O–H groups in total. The molecule has 0 fully saturated rings. The lowest BCUT2D eigenvalue weighted by Gasteiger charge is -2.25. The number of fused-ring (bicyclic) bond motifs is 1. The summed E-state index contributed by atoms with van der Waals surface area (Å²) in [6, 6.07) is 12.6. The van der Waals surface area contributed by atoms with E-state index in [1.165, 1.54) is 0 Å². The highest BCUT2D eigenvalue weighted by atomic mass is 35.5. The molecule has 9 heteroatoms. The fourth-order valence-electron chi connectivity index (χ4n) is 4.10. The molecular formula is C27H33Cl2N3O4. The minimum Gasteiger partial charge on any atom is -0.476 e. The van der Waals surface area contributed by atoms with Gasteiger partial charge >= 0.3 is 12.0 Å². The number of hydrogen-bond acceptors (Lipinski definition) is 4. The van der Waals surface area contributed by atoms with Gasteiger partial charge in [0.1, 0.15) is 5.75 Å². The summed E-state index contributed by atoms with van der Waals surface area (Å²) in [5.41, 5.74) is 6.56. The van der Waals surface area contributed by atoms with Crippen molar-refractivity contribution >= 4 is 46.1 Å². The van der Waals surface area contributed by atoms with Crippen LogP contribution >= 0.6 is 23.2 Å². The van der Waals surface area contributed by atoms with Crippen LogP contribution in [-0.2, 0) is 22.5 Å². The van der Waals surface area contributed by atoms with Crippen LogP contribution in [0.2, 0.25) is 10.0 Å². The highest BCUT2D eigenvalue weighted by molar-refractivity contribution is 6.35. The molecule has 36 heavy (non-hydrogen) atoms. The molecule has 0 aliphatic rings. The number of benzene rings is 2. The topological polar surface area (TPSA) is 86.8 Å². The summed E-state index contributed by atoms with van der Waals surface area (Å²) in [5, 5.41) is 2.17. The molecule has 1 atom stereocenters. The number of amides is 2. The maximum atomic E-state index is 12.1. The van der Waals surface area contributed by atoms with Gasteiger partial charge < -0.3 is 24.7 Å². The van der Waals surface area contributed by atoms with E-state index in [0.717, 1.165) is 16.5 Å². The van der Waals surface area contributed by atoms with Gasteiger partial charge in [0.05, 0.1) is 6.61 Å². The van der Waals surface area contributed by atoms with Crippen molar-refractivity contribution in [2.24, 2.45) is 11.7 Å². The van der Waals surface area contributed by atoms with Gasteiger partial charge in [0, 0.05) is 46.8 Å². The summed E-state index contributed by atoms with van der Waals surface area (Å²) in [4.78, 5) is 25.9. The van der Waals surface area contributed by atoms with E-state index in [0.29, 0.717) is 48.5 Å². The molecule has 7 nitrogen and oxygen atoms in total. The van der Waals surface area contributed by atoms with Gasteiger partial charge in [-0.1, -0.05) is 36.2 Å². The van der Waals surface area contributed by atoms with Gasteiger partial charge in [0.25, 0.3) is 0 Å². The van der Waals surface area contributed by atoms with Gasteiger partial charge in [0.2, 0.25) is 0 Å². The summed E-state index contributed by atoms with van der Waals surface area (Å²) in [6.07, 6.45) is 2.66. The Bertz CT molecular complexity index is 1220. The Kier molecular flexibility index (Phi) is 9.14. The summed E-state index contributed by atoms with van der Waals surface area (Å²) in [5.74, 6) is 0.313. The van der Waals surface area contributed by atoms with Crippen LogP contribution in [0.25, 0.3) is 10.9 Å². The van der Waals surface area contributed by atoms with Crippen LogP contribution < -0.4 is 10.5 Å². The minimum atomic E-state index is -1.10. The van der Waals surface area contributed by atoms with Crippen molar-refractivity contribution in [3.05, 3.63) is 64.3 Å². The van der Waals surface area contributed by atoms with Gasteiger partial charge in [-0.3, -0.25) is 0 Å². The zero-order valence-corrected chi connectivity index (χ0v) is 22.6. The second kappa shape index (κ2) is 11.9. The number of ether oxygens (including phenoxy) is 2. The zero-order chi connectivity index (χ0) is 26.5. The number of rotatable bonds is 11. The molecule has 0 radical (unpaired) electrons. The van der Waals surface area contributed by atoms with Crippen LogP contribution in [0.4, 0.5) is 4.79 Å². The number of esters is 1. The largest absolute Gasteiger partial charge is 0.476 e. The van der Waals surface area contributed by atoms with Crippen LogP contribution in [0.1, 0.15) is 33.3 Å². The van der Waals surface area contributed by atoms with E-state index in [1.807, 2.05) is 42.6 Å². The van der Waals surface area contributed by atoms with Gasteiger partial charge in [-0.2, -0.15) is 0 Å². The van der Waals surface area contributed by atoms with Crippen molar-refractivity contribution < 1.29 is 19.1 Å². The van der Waals surface area contributed by atoms with Crippen molar-refractivity contribution in [3.8, 4) is 5.75 Å². The van der Waals surface area contributed by atoms with Crippen molar-refractivity contribution in [1.29, 1.82) is 0 Å². The van der Waals surface area contributed by atoms with Crippen molar-refractivity contribution in [1.82, 2.24) is 9.47 Å². The number of carbonyl (C=O) groups excluding carboxylic acids is 2. The first kappa shape index (κ1) is 27.7. The fraction of sp³-hybridized carbons (Fsp3) is 0.407. The highest BCUT2D eigenvalue weighted by Gasteiger charge is 2.31. The molecule has 2 amide bonds. The third-order valence-electron chi connectivity index (χ3n) is 5.92. The quantitative estimate of drug-likeness (QED) is 0.309. The number of primary amides is 1. The molecule has 0 spiro atoms. The van der Waals surface area contributed by atoms with E-state index in [9.17, 15) is 9.59 Å². The lowest BCUT2D eigenvalue weighted by atomic mass is 10.0. The average Bonchev–Trinajstić information content (AvgIpc) is 3.20. The molecule has 0 saturated heterocycles. The molecule has 2 aromatic carbocycles. The van der Waals surface area contributed by atoms with E-state index in [4.69, 9.17) is 38.4 Å². The average molecular weight is 534 g/mol. The lowest BCUT2D eigenvalue weighted by Crippen LogP contribution is -2.41. The SMILES string of the molecule is CCOC(=O)C(C)(C)Oc1ccc2c(ccn2CCN(CC(C)Cc2ccc(Cl)cc2Cl)C(N)=O)c1. The standard InChI is InChI=1S/C27H33Cl2N3O4/c1-5-35-25(33)27(3,4)36-22-8-9-24-20(15-22)10-11-31(24)12-13-32(26(30)34)17-18(2)14-19-6-7-21(28)16-23(19)29/h6-11,15-16,18H,5,12-14,17H2,1-4H3,(H2,30,34). The molecule has 0 aliphatic carbocycles. The Balaban J connectivity index is 1.64. The van der Waals surface area contributed by atoms with Crippen LogP contribution in [0.15, 0.2) is 48.7 Å². The Labute approximate surface area is 222 Å². The highest BCUT2D eigenvalue weighted by Crippen LogP contribution is 2.26. The number of urea groups is 1. The molecule has 194 valence electrons. The smallest absolute Gasteiger partial charge is 0.349 e. The van der Waals surface area contributed by atoms with E-state index >= 15 is 0 Å². The maximum absolute atomic E-state index is 12.1. The van der Waals surface area contributed by atoms with E-state index in [2.05, 4.69) is 11.5 Å². The van der Waals surface area contributed by atoms with Gasteiger partial charge in [-0.05, 0) is 75.1 Å². The molecule has 0 bridgehead atoms. The molecule has 0 aliphatic heterocycles. The van der Waals surface area contributed by atoms with Crippen molar-refractivity contribution in [2.45, 2.75) is 46.3 Å². The normalized spacial score (nSPS) is 12.4. The third-order valence-corrected chi connectivity index (χ3v) is 6.51. The summed E-state index contributed by atoms with van der Waals surface area (Å²) in [6.45, 7) is 9.03. The van der Waals surface area contributed by atoms with E-state index in [-0.39, 0.29) is 5.92 Å². The molecule has 1 aromatic heterocycles. The monoisotopic (exact) mass is 533 g/mol. The number of halogens is 2. The summed E-state index contributed by atoms with van der Waals surface area (Å²) >= 11 is 12.3. The Hall–Kier alpha value is -2.90. The lowest BCUT2D eigenvalue weighted by molar-refractivity contribution is -0.158. The third kappa shape index (κ3) is 7.08. The van der Waals surface area contributed by atoms with Crippen LogP contribution in [0, 0.1) is 5.92 Å². The van der Waals surface area contributed by atoms with Crippen molar-refractivity contribution in [2.75, 3.05) is 19.7 Å². The molecule has 0 saturated carbocycles. The summed E-state index contributed by atoms with van der Waals surface area (Å²) < 4.78 is 13.1. The number of carbonyl (C=O) groups is 2. The van der Waals surface area contributed by atoms with Gasteiger partial charge in [-0.25, -0.2) is 9.59 Å². The van der Waals surface area contributed by atoms with Crippen LogP contribution in [0.3, 0.4) is 0 Å². The number of aromatic nitrogens is 1. The number of hydrogen-bond donors (Lipinski definition) is 1. The molecule has 1 heterocycles. The second-order valence-electron chi connectivity index (χ2n) is 9.39. The number of nitrogens with two attached hydrogens (primary N) is 1. The molecule has 3 rings (SSSR count). The first-order chi connectivity index (χ1) is 17.0. The maximum Gasteiger partial charge on any atom is 0.349 e. The van der Waals surface area contributed by atoms with Crippen LogP contribution in [-0.4, -0.2) is 46.8 Å². The zero-order valence-electron chi connectivity index (χ0n) is 21.1. The molecule has 3 aromatic rings. The van der Waals surface area contributed by atoms with E-state index < -0.39 is 17.6 Å². The second-order valence-corrected chi connectivity index (χ2v) is 10.2. The minimum absolute atomic E-state index is 0.153. The molecule has 1 unspecified atom stereocenters. The van der Waals surface area contributed by atoms with Gasteiger partial charge in [-0.15, -0.1) is 0 Å². The first-order valence-corrected chi connectivity index (χ1v) is 12.7. The first-order valence-electron chi connectivity index (χ1n) is 11.9. The predicted molar refractivity (Wildman–Crippen MR) is 144 cm³/mol. The Morgan fingerprint density at radius 3 is 2.56 bits per heavy atom. The Morgan fingerprint density at radius 1 is 1.14 bits per heavy atom. The fourth-order valence-corrected chi connectivity index (χ4v) is 4.59.